The molecule has 0 atom stereocenters. The fourth-order valence-electron chi connectivity index (χ4n) is 3.08. The molecular formula is H3B23-. The van der Waals surface area contributed by atoms with Gasteiger partial charge in [-0.05, 0) is 149 Å². The van der Waals surface area contributed by atoms with Crippen molar-refractivity contribution in [1.82, 2.24) is 0 Å². The van der Waals surface area contributed by atoms with Crippen LogP contribution in [0.15, 0.2) is 0 Å². The minimum Gasteiger partial charge on any atom is -0.158 e. The zero-order chi connectivity index (χ0) is 18.5. The van der Waals surface area contributed by atoms with Gasteiger partial charge in [0.25, 0.3) is 0 Å². The van der Waals surface area contributed by atoms with Gasteiger partial charge in [-0.3, -0.25) is 0 Å². The van der Waals surface area contributed by atoms with E-state index in [-0.39, 0.29) is 14.1 Å². The van der Waals surface area contributed by atoms with Crippen molar-refractivity contribution in [2.75, 3.05) is 0 Å². The largest absolute Gasteiger partial charge is 0.158 e. The lowest BCUT2D eigenvalue weighted by Gasteiger charge is -2.46. The third-order valence-corrected chi connectivity index (χ3v) is 4.00. The average molecular weight is 252 g/mol. The molecule has 0 aliphatic heterocycles. The van der Waals surface area contributed by atoms with Crippen molar-refractivity contribution in [2.24, 2.45) is 0 Å². The molecule has 0 aromatic heterocycles. The standard InChI is InChI=1S/B23H3/c1-13-19(12)22(18(10)11)23(20(14(2)3)15(4)5)21(16(6)7)17(8)9/h1H3/q-1. The highest BCUT2D eigenvalue weighted by atomic mass is 13.3. The molecule has 0 rings (SSSR count). The SMILES string of the molecule is [B]B([B])B(B([B])[B])B(B(B([B])[B])B([B])[B])B(B([B])[B])B([B])[B][BH3-]. The molecule has 0 bridgehead atoms. The van der Waals surface area contributed by atoms with E-state index in [9.17, 15) is 0 Å². The smallest absolute Gasteiger partial charge is 0.0000000000471 e. The second-order valence-electron chi connectivity index (χ2n) is 5.77. The maximum atomic E-state index is 6.22. The zero-order valence-corrected chi connectivity index (χ0v) is 12.7. The summed E-state index contributed by atoms with van der Waals surface area (Å²) >= 11 is 0. The lowest BCUT2D eigenvalue weighted by atomic mass is 8.36. The van der Waals surface area contributed by atoms with E-state index in [1.165, 1.54) is 0 Å². The average Bonchev–Trinajstić information content (AvgIpc) is 2.36. The first-order chi connectivity index (χ1) is 10.5. The van der Waals surface area contributed by atoms with Gasteiger partial charge in [-0.1, -0.05) is 7.74 Å². The Morgan fingerprint density at radius 3 is 0.870 bits per heavy atom. The van der Waals surface area contributed by atoms with Crippen molar-refractivity contribution in [3.05, 3.63) is 0 Å². The van der Waals surface area contributed by atoms with E-state index in [0.717, 1.165) is 0 Å². The Morgan fingerprint density at radius 2 is 0.696 bits per heavy atom. The summed E-state index contributed by atoms with van der Waals surface area (Å²) in [4.78, 5) is 0. The third-order valence-electron chi connectivity index (χ3n) is 4.00. The molecule has 73 valence electrons. The molecule has 0 fully saturated rings. The monoisotopic (exact) mass is 256 g/mol. The van der Waals surface area contributed by atoms with Gasteiger partial charge in [-0.15, -0.1) is 0 Å². The van der Waals surface area contributed by atoms with Crippen LogP contribution in [-0.4, -0.2) is 164 Å². The van der Waals surface area contributed by atoms with Crippen LogP contribution < -0.4 is 0 Å². The van der Waals surface area contributed by atoms with E-state index in [2.05, 4.69) is 0 Å². The summed E-state index contributed by atoms with van der Waals surface area (Å²) in [5, 5.41) is 0. The van der Waals surface area contributed by atoms with Gasteiger partial charge in [-0.2, -0.15) is 7.06 Å². The first-order valence-electron chi connectivity index (χ1n) is 7.00. The van der Waals surface area contributed by atoms with Gasteiger partial charge in [-0.25, -0.2) is 0 Å². The van der Waals surface area contributed by atoms with E-state index in [0.29, 0.717) is 0 Å². The number of hydrogen-bond acceptors (Lipinski definition) is 0. The van der Waals surface area contributed by atoms with Gasteiger partial charge in [0, 0.05) is 0 Å². The van der Waals surface area contributed by atoms with Crippen molar-refractivity contribution in [3.8, 4) is 0 Å². The van der Waals surface area contributed by atoms with Gasteiger partial charge in [0.1, 0.15) is 0 Å². The van der Waals surface area contributed by atoms with Gasteiger partial charge in [0.05, 0.1) is 0 Å². The molecule has 0 N–H and O–H groups in total. The van der Waals surface area contributed by atoms with E-state index in [4.69, 9.17) is 85.1 Å². The normalized spacial score (nSPS) is 9.26. The molecular weight excluding hydrogens is 249 g/mol. The van der Waals surface area contributed by atoms with Gasteiger partial charge in [0.15, 0.2) is 0 Å². The minimum atomic E-state index is -0.864. The molecule has 0 aliphatic carbocycles. The number of hydrogen-bond donors (Lipinski definition) is 0. The Morgan fingerprint density at radius 1 is 0.435 bits per heavy atom. The van der Waals surface area contributed by atoms with Crippen molar-refractivity contribution < 1.29 is 0 Å². The van der Waals surface area contributed by atoms with Crippen LogP contribution in [0.25, 0.3) is 0 Å². The highest BCUT2D eigenvalue weighted by Gasteiger charge is 2.46. The Balaban J connectivity index is 6.12. The lowest BCUT2D eigenvalue weighted by molar-refractivity contribution is 3.30. The summed E-state index contributed by atoms with van der Waals surface area (Å²) in [6, 6.07) is 0. The Hall–Kier alpha value is 1.49. The first-order valence-corrected chi connectivity index (χ1v) is 7.00. The highest BCUT2D eigenvalue weighted by Crippen LogP contribution is 2.09. The topological polar surface area (TPSA) is 0 Å². The summed E-state index contributed by atoms with van der Waals surface area (Å²) in [7, 11) is 67.2. The molecule has 0 amide bonds. The van der Waals surface area contributed by atoms with Crippen LogP contribution in [0.4, 0.5) is 0 Å². The predicted octanol–water partition coefficient (Wildman–Crippen LogP) is -9.56. The molecule has 0 aromatic rings. The van der Waals surface area contributed by atoms with Gasteiger partial charge < -0.3 is 0 Å². The quantitative estimate of drug-likeness (QED) is 0.339. The van der Waals surface area contributed by atoms with Crippen molar-refractivity contribution in [3.63, 3.8) is 0 Å². The second-order valence-corrected chi connectivity index (χ2v) is 5.77. The van der Waals surface area contributed by atoms with Crippen LogP contribution in [0.3, 0.4) is 0 Å². The summed E-state index contributed by atoms with van der Waals surface area (Å²) in [6.45, 7) is 0. The van der Waals surface area contributed by atoms with Crippen LogP contribution in [-0.2, 0) is 0 Å². The predicted molar refractivity (Wildman–Crippen MR) is 137 cm³/mol. The molecule has 23 heavy (non-hydrogen) atoms. The summed E-state index contributed by atoms with van der Waals surface area (Å²) in [6.07, 6.45) is -6.85. The van der Waals surface area contributed by atoms with Crippen molar-refractivity contribution in [1.29, 1.82) is 0 Å². The zero-order valence-electron chi connectivity index (χ0n) is 12.7. The maximum absolute atomic E-state index is 6.22. The van der Waals surface area contributed by atoms with Crippen LogP contribution in [0.1, 0.15) is 0 Å². The molecule has 23 radical (unpaired) electrons. The van der Waals surface area contributed by atoms with E-state index in [1.807, 2.05) is 7.06 Å². The highest BCUT2D eigenvalue weighted by molar-refractivity contribution is 8.22. The van der Waals surface area contributed by atoms with Crippen molar-refractivity contribution in [2.45, 2.75) is 0 Å². The summed E-state index contributed by atoms with van der Waals surface area (Å²) < 4.78 is 0. The van der Waals surface area contributed by atoms with E-state index < -0.39 is 57.5 Å². The van der Waals surface area contributed by atoms with Crippen molar-refractivity contribution >= 4 is 164 Å². The Bertz CT molecular complexity index is 261. The molecule has 0 saturated carbocycles. The molecule has 0 nitrogen and oxygen atoms in total. The molecule has 0 heterocycles. The fraction of sp³-hybridized carbons (Fsp3) is 0. The molecule has 0 saturated heterocycles. The Labute approximate surface area is 163 Å². The minimum absolute atomic E-state index is 0.109. The molecule has 0 unspecified atom stereocenters. The van der Waals surface area contributed by atoms with Crippen LogP contribution in [0.5, 0.6) is 0 Å². The molecule has 0 spiro atoms. The second kappa shape index (κ2) is 11.3. The van der Waals surface area contributed by atoms with Crippen LogP contribution in [0, 0.1) is 0 Å². The van der Waals surface area contributed by atoms with Gasteiger partial charge >= 0.3 is 0 Å². The maximum Gasteiger partial charge on any atom is -0.0000000000471 e. The van der Waals surface area contributed by atoms with Gasteiger partial charge in [0.2, 0.25) is 0 Å². The lowest BCUT2D eigenvalue weighted by Crippen LogP contribution is -2.83. The number of rotatable bonds is 10. The Kier molecular flexibility index (Phi) is 12.0. The molecule has 0 aromatic carbocycles. The summed E-state index contributed by atoms with van der Waals surface area (Å²) in [5.41, 5.74) is 0. The molecule has 0 aliphatic rings. The summed E-state index contributed by atoms with van der Waals surface area (Å²) in [5.74, 6) is 0. The fourth-order valence-corrected chi connectivity index (χ4v) is 3.08. The van der Waals surface area contributed by atoms with E-state index in [1.54, 1.807) is 0 Å². The van der Waals surface area contributed by atoms with E-state index >= 15 is 0 Å². The molecule has 23 heteroatoms. The first kappa shape index (κ1) is 24.5. The van der Waals surface area contributed by atoms with Crippen LogP contribution in [0.2, 0.25) is 0 Å². The third kappa shape index (κ3) is 6.96. The van der Waals surface area contributed by atoms with Crippen LogP contribution >= 0.6 is 0 Å².